The highest BCUT2D eigenvalue weighted by Gasteiger charge is 2.52. The maximum absolute atomic E-state index is 12.1. The maximum atomic E-state index is 12.1. The smallest absolute Gasteiger partial charge is 0.294 e. The number of aryl methyl sites for hydroxylation is 1. The first-order valence-corrected chi connectivity index (χ1v) is 6.45. The van der Waals surface area contributed by atoms with Gasteiger partial charge in [0.25, 0.3) is 11.6 Å². The molecule has 2 amide bonds. The van der Waals surface area contributed by atoms with Gasteiger partial charge in [-0.2, -0.15) is 0 Å². The Balaban J connectivity index is 1.83. The predicted molar refractivity (Wildman–Crippen MR) is 71.9 cm³/mol. The van der Waals surface area contributed by atoms with Gasteiger partial charge in [0.15, 0.2) is 0 Å². The van der Waals surface area contributed by atoms with Gasteiger partial charge in [0.05, 0.1) is 12.1 Å². The molecule has 0 saturated carbocycles. The molecule has 2 heterocycles. The molecule has 20 heavy (non-hydrogen) atoms. The SMILES string of the molecule is Cc1ccc(C2=NOC3(C2)NC(=O)[C@H](C)NC3=O)cc1. The molecule has 2 aliphatic rings. The van der Waals surface area contributed by atoms with E-state index in [4.69, 9.17) is 4.84 Å². The Morgan fingerprint density at radius 3 is 2.70 bits per heavy atom. The van der Waals surface area contributed by atoms with Crippen LogP contribution in [0.3, 0.4) is 0 Å². The molecule has 6 nitrogen and oxygen atoms in total. The highest BCUT2D eigenvalue weighted by atomic mass is 16.7. The van der Waals surface area contributed by atoms with E-state index < -0.39 is 11.8 Å². The van der Waals surface area contributed by atoms with E-state index in [9.17, 15) is 9.59 Å². The van der Waals surface area contributed by atoms with Gasteiger partial charge in [-0.05, 0) is 19.4 Å². The van der Waals surface area contributed by atoms with E-state index in [1.165, 1.54) is 0 Å². The van der Waals surface area contributed by atoms with Gasteiger partial charge in [-0.3, -0.25) is 9.59 Å². The van der Waals surface area contributed by atoms with Crippen LogP contribution in [0.15, 0.2) is 29.4 Å². The highest BCUT2D eigenvalue weighted by Crippen LogP contribution is 2.27. The lowest BCUT2D eigenvalue weighted by Gasteiger charge is -2.33. The largest absolute Gasteiger partial charge is 0.356 e. The first-order chi connectivity index (χ1) is 9.50. The summed E-state index contributed by atoms with van der Waals surface area (Å²) in [5, 5.41) is 9.17. The molecule has 0 bridgehead atoms. The molecule has 0 aromatic heterocycles. The van der Waals surface area contributed by atoms with Gasteiger partial charge in [0, 0.05) is 0 Å². The van der Waals surface area contributed by atoms with Crippen LogP contribution in [-0.2, 0) is 14.4 Å². The van der Waals surface area contributed by atoms with Crippen LogP contribution in [0, 0.1) is 6.92 Å². The van der Waals surface area contributed by atoms with E-state index in [1.807, 2.05) is 31.2 Å². The molecule has 1 saturated heterocycles. The molecule has 104 valence electrons. The third-order valence-electron chi connectivity index (χ3n) is 3.55. The number of piperazine rings is 1. The van der Waals surface area contributed by atoms with Crippen molar-refractivity contribution in [3.8, 4) is 0 Å². The fraction of sp³-hybridized carbons (Fsp3) is 0.357. The number of nitrogens with zero attached hydrogens (tertiary/aromatic N) is 1. The van der Waals surface area contributed by atoms with Crippen LogP contribution in [0.25, 0.3) is 0 Å². The van der Waals surface area contributed by atoms with Crippen molar-refractivity contribution < 1.29 is 14.4 Å². The summed E-state index contributed by atoms with van der Waals surface area (Å²) in [4.78, 5) is 29.1. The Morgan fingerprint density at radius 1 is 1.30 bits per heavy atom. The Morgan fingerprint density at radius 2 is 2.00 bits per heavy atom. The molecule has 6 heteroatoms. The number of hydrogen-bond acceptors (Lipinski definition) is 4. The average molecular weight is 273 g/mol. The zero-order valence-electron chi connectivity index (χ0n) is 11.3. The Labute approximate surface area is 116 Å². The summed E-state index contributed by atoms with van der Waals surface area (Å²) in [6, 6.07) is 7.21. The van der Waals surface area contributed by atoms with E-state index in [0.29, 0.717) is 5.71 Å². The normalized spacial score (nSPS) is 28.7. The van der Waals surface area contributed by atoms with Gasteiger partial charge in [-0.25, -0.2) is 0 Å². The van der Waals surface area contributed by atoms with E-state index in [1.54, 1.807) is 6.92 Å². The number of benzene rings is 1. The summed E-state index contributed by atoms with van der Waals surface area (Å²) in [5.41, 5.74) is 1.27. The second kappa shape index (κ2) is 4.33. The highest BCUT2D eigenvalue weighted by molar-refractivity contribution is 6.08. The summed E-state index contributed by atoms with van der Waals surface area (Å²) in [5.74, 6) is -0.639. The molecule has 2 aliphatic heterocycles. The number of oxime groups is 1. The minimum absolute atomic E-state index is 0.223. The number of carbonyl (C=O) groups is 2. The molecule has 0 radical (unpaired) electrons. The van der Waals surface area contributed by atoms with E-state index in [0.717, 1.165) is 11.1 Å². The van der Waals surface area contributed by atoms with Crippen molar-refractivity contribution >= 4 is 17.5 Å². The molecule has 1 aromatic carbocycles. The zero-order valence-corrected chi connectivity index (χ0v) is 11.3. The van der Waals surface area contributed by atoms with Crippen molar-refractivity contribution in [2.75, 3.05) is 0 Å². The van der Waals surface area contributed by atoms with Crippen molar-refractivity contribution in [2.24, 2.45) is 5.16 Å². The van der Waals surface area contributed by atoms with Gasteiger partial charge in [-0.15, -0.1) is 0 Å². The Hall–Kier alpha value is -2.37. The molecule has 1 fully saturated rings. The fourth-order valence-electron chi connectivity index (χ4n) is 2.27. The van der Waals surface area contributed by atoms with Crippen molar-refractivity contribution in [2.45, 2.75) is 32.0 Å². The van der Waals surface area contributed by atoms with Crippen molar-refractivity contribution in [1.29, 1.82) is 0 Å². The van der Waals surface area contributed by atoms with E-state index >= 15 is 0 Å². The summed E-state index contributed by atoms with van der Waals surface area (Å²) >= 11 is 0. The van der Waals surface area contributed by atoms with Gasteiger partial charge in [0.2, 0.25) is 5.91 Å². The van der Waals surface area contributed by atoms with Crippen LogP contribution in [0.5, 0.6) is 0 Å². The zero-order chi connectivity index (χ0) is 14.3. The monoisotopic (exact) mass is 273 g/mol. The molecule has 0 aliphatic carbocycles. The first kappa shape index (κ1) is 12.7. The molecule has 2 atom stereocenters. The minimum Gasteiger partial charge on any atom is -0.356 e. The second-order valence-corrected chi connectivity index (χ2v) is 5.18. The Bertz CT molecular complexity index is 609. The van der Waals surface area contributed by atoms with Crippen molar-refractivity contribution in [1.82, 2.24) is 10.6 Å². The lowest BCUT2D eigenvalue weighted by Crippen LogP contribution is -2.68. The van der Waals surface area contributed by atoms with Crippen LogP contribution < -0.4 is 10.6 Å². The molecule has 2 N–H and O–H groups in total. The lowest BCUT2D eigenvalue weighted by atomic mass is 9.97. The van der Waals surface area contributed by atoms with Crippen LogP contribution >= 0.6 is 0 Å². The van der Waals surface area contributed by atoms with Gasteiger partial charge < -0.3 is 15.5 Å². The van der Waals surface area contributed by atoms with Crippen LogP contribution in [-0.4, -0.2) is 29.3 Å². The van der Waals surface area contributed by atoms with E-state index in [-0.39, 0.29) is 18.2 Å². The number of hydrogen-bond donors (Lipinski definition) is 2. The minimum atomic E-state index is -1.40. The second-order valence-electron chi connectivity index (χ2n) is 5.18. The number of nitrogens with one attached hydrogen (secondary N) is 2. The average Bonchev–Trinajstić information content (AvgIpc) is 2.83. The van der Waals surface area contributed by atoms with Crippen molar-refractivity contribution in [3.05, 3.63) is 35.4 Å². The van der Waals surface area contributed by atoms with Crippen LogP contribution in [0.4, 0.5) is 0 Å². The third-order valence-corrected chi connectivity index (χ3v) is 3.55. The third kappa shape index (κ3) is 1.93. The summed E-state index contributed by atoms with van der Waals surface area (Å²) in [6.07, 6.45) is 0.223. The first-order valence-electron chi connectivity index (χ1n) is 6.45. The molecule has 1 spiro atoms. The van der Waals surface area contributed by atoms with Gasteiger partial charge in [-0.1, -0.05) is 35.0 Å². The molecular formula is C14H15N3O3. The van der Waals surface area contributed by atoms with Gasteiger partial charge in [0.1, 0.15) is 6.04 Å². The topological polar surface area (TPSA) is 79.8 Å². The summed E-state index contributed by atoms with van der Waals surface area (Å²) in [6.45, 7) is 3.62. The molecule has 3 rings (SSSR count). The van der Waals surface area contributed by atoms with E-state index in [2.05, 4.69) is 15.8 Å². The number of carbonyl (C=O) groups excluding carboxylic acids is 2. The number of rotatable bonds is 1. The van der Waals surface area contributed by atoms with Crippen LogP contribution in [0.2, 0.25) is 0 Å². The molecule has 1 unspecified atom stereocenters. The Kier molecular flexibility index (Phi) is 2.74. The fourth-order valence-corrected chi connectivity index (χ4v) is 2.27. The molecular weight excluding hydrogens is 258 g/mol. The maximum Gasteiger partial charge on any atom is 0.294 e. The quantitative estimate of drug-likeness (QED) is 0.779. The summed E-state index contributed by atoms with van der Waals surface area (Å²) in [7, 11) is 0. The summed E-state index contributed by atoms with van der Waals surface area (Å²) < 4.78 is 0. The number of amides is 2. The van der Waals surface area contributed by atoms with Gasteiger partial charge >= 0.3 is 0 Å². The standard InChI is InChI=1S/C14H15N3O3/c1-8-3-5-10(6-4-8)11-7-14(20-17-11)13(19)15-9(2)12(18)16-14/h3-6,9H,7H2,1-2H3,(H,15,19)(H,16,18)/t9-,14?/m0/s1. The van der Waals surface area contributed by atoms with Crippen molar-refractivity contribution in [3.63, 3.8) is 0 Å². The lowest BCUT2D eigenvalue weighted by molar-refractivity contribution is -0.161. The molecule has 1 aromatic rings. The predicted octanol–water partition coefficient (Wildman–Crippen LogP) is 0.450. The van der Waals surface area contributed by atoms with Crippen LogP contribution in [0.1, 0.15) is 24.5 Å².